The zero-order valence-electron chi connectivity index (χ0n) is 14.5. The summed E-state index contributed by atoms with van der Waals surface area (Å²) in [5, 5.41) is 0. The molecule has 1 aromatic heterocycles. The standard InChI is InChI=1S/C18H23N3O3S/c1-14-3-5-16(6-4-14)25(23,24)21-9-7-15(11-21)17(22)20-10-8-18(2,12-19)13-20/h3-7,9,11H,8,10,12-13,19H2,1-2H3. The van der Waals surface area contributed by atoms with Crippen molar-refractivity contribution in [1.82, 2.24) is 8.87 Å². The van der Waals surface area contributed by atoms with Gasteiger partial charge in [-0.15, -0.1) is 0 Å². The van der Waals surface area contributed by atoms with Crippen LogP contribution in [0.4, 0.5) is 0 Å². The smallest absolute Gasteiger partial charge is 0.267 e. The summed E-state index contributed by atoms with van der Waals surface area (Å²) < 4.78 is 26.4. The van der Waals surface area contributed by atoms with Crippen molar-refractivity contribution in [3.8, 4) is 0 Å². The van der Waals surface area contributed by atoms with Crippen LogP contribution in [-0.2, 0) is 10.0 Å². The van der Waals surface area contributed by atoms with Gasteiger partial charge in [0.25, 0.3) is 15.9 Å². The molecule has 3 rings (SSSR count). The fraction of sp³-hybridized carbons (Fsp3) is 0.389. The van der Waals surface area contributed by atoms with E-state index in [4.69, 9.17) is 5.73 Å². The SMILES string of the molecule is Cc1ccc(S(=O)(=O)n2ccc(C(=O)N3CCC(C)(CN)C3)c2)cc1. The van der Waals surface area contributed by atoms with Gasteiger partial charge in [-0.2, -0.15) is 0 Å². The number of nitrogens with two attached hydrogens (primary N) is 1. The largest absolute Gasteiger partial charge is 0.338 e. The highest BCUT2D eigenvalue weighted by Gasteiger charge is 2.35. The van der Waals surface area contributed by atoms with E-state index >= 15 is 0 Å². The lowest BCUT2D eigenvalue weighted by Gasteiger charge is -2.22. The number of carbonyl (C=O) groups excluding carboxylic acids is 1. The van der Waals surface area contributed by atoms with Gasteiger partial charge in [0.05, 0.1) is 10.5 Å². The molecule has 1 aliphatic rings. The van der Waals surface area contributed by atoms with Gasteiger partial charge in [0.15, 0.2) is 0 Å². The molecule has 134 valence electrons. The fourth-order valence-electron chi connectivity index (χ4n) is 3.03. The highest BCUT2D eigenvalue weighted by Crippen LogP contribution is 2.29. The number of carbonyl (C=O) groups is 1. The van der Waals surface area contributed by atoms with Crippen LogP contribution >= 0.6 is 0 Å². The normalized spacial score (nSPS) is 20.8. The minimum Gasteiger partial charge on any atom is -0.338 e. The maximum atomic E-state index is 12.7. The molecule has 1 aromatic carbocycles. The number of aromatic nitrogens is 1. The summed E-state index contributed by atoms with van der Waals surface area (Å²) in [5.74, 6) is -0.157. The van der Waals surface area contributed by atoms with Crippen molar-refractivity contribution in [3.63, 3.8) is 0 Å². The third-order valence-corrected chi connectivity index (χ3v) is 6.50. The molecule has 0 radical (unpaired) electrons. The average molecular weight is 361 g/mol. The number of nitrogens with zero attached hydrogens (tertiary/aromatic N) is 2. The zero-order valence-corrected chi connectivity index (χ0v) is 15.3. The second-order valence-corrected chi connectivity index (χ2v) is 8.88. The van der Waals surface area contributed by atoms with E-state index in [0.717, 1.165) is 16.0 Å². The number of hydrogen-bond acceptors (Lipinski definition) is 4. The van der Waals surface area contributed by atoms with E-state index in [1.807, 2.05) is 6.92 Å². The van der Waals surface area contributed by atoms with Crippen LogP contribution in [0.3, 0.4) is 0 Å². The first kappa shape index (κ1) is 17.7. The molecule has 2 N–H and O–H groups in total. The van der Waals surface area contributed by atoms with Gasteiger partial charge in [-0.05, 0) is 43.5 Å². The predicted molar refractivity (Wildman–Crippen MR) is 95.9 cm³/mol. The molecule has 0 spiro atoms. The Morgan fingerprint density at radius 1 is 1.24 bits per heavy atom. The molecule has 25 heavy (non-hydrogen) atoms. The second-order valence-electron chi connectivity index (χ2n) is 7.04. The summed E-state index contributed by atoms with van der Waals surface area (Å²) in [5.41, 5.74) is 7.08. The number of amides is 1. The van der Waals surface area contributed by atoms with E-state index in [9.17, 15) is 13.2 Å². The van der Waals surface area contributed by atoms with Crippen molar-refractivity contribution in [2.75, 3.05) is 19.6 Å². The van der Waals surface area contributed by atoms with Crippen LogP contribution in [0.1, 0.15) is 29.3 Å². The highest BCUT2D eigenvalue weighted by molar-refractivity contribution is 7.90. The Hall–Kier alpha value is -2.12. The number of rotatable bonds is 4. The molecule has 2 heterocycles. The fourth-order valence-corrected chi connectivity index (χ4v) is 4.23. The molecule has 1 unspecified atom stereocenters. The zero-order chi connectivity index (χ0) is 18.2. The van der Waals surface area contributed by atoms with Crippen LogP contribution in [0.25, 0.3) is 0 Å². The van der Waals surface area contributed by atoms with Crippen molar-refractivity contribution in [1.29, 1.82) is 0 Å². The van der Waals surface area contributed by atoms with Gasteiger partial charge in [0, 0.05) is 25.5 Å². The van der Waals surface area contributed by atoms with Crippen molar-refractivity contribution >= 4 is 15.9 Å². The first-order valence-electron chi connectivity index (χ1n) is 8.25. The van der Waals surface area contributed by atoms with Crippen LogP contribution in [0, 0.1) is 12.3 Å². The Bertz CT molecular complexity index is 887. The van der Waals surface area contributed by atoms with E-state index in [-0.39, 0.29) is 16.2 Å². The van der Waals surface area contributed by atoms with Crippen molar-refractivity contribution < 1.29 is 13.2 Å². The van der Waals surface area contributed by atoms with Crippen LogP contribution in [0.5, 0.6) is 0 Å². The lowest BCUT2D eigenvalue weighted by atomic mass is 9.90. The first-order chi connectivity index (χ1) is 11.7. The summed E-state index contributed by atoms with van der Waals surface area (Å²) in [7, 11) is -3.69. The number of hydrogen-bond donors (Lipinski definition) is 1. The Balaban J connectivity index is 1.83. The summed E-state index contributed by atoms with van der Waals surface area (Å²) in [6.07, 6.45) is 3.66. The van der Waals surface area contributed by atoms with Crippen LogP contribution < -0.4 is 5.73 Å². The number of likely N-dealkylation sites (tertiary alicyclic amines) is 1. The quantitative estimate of drug-likeness (QED) is 0.900. The Kier molecular flexibility index (Phi) is 4.47. The maximum absolute atomic E-state index is 12.7. The van der Waals surface area contributed by atoms with E-state index < -0.39 is 10.0 Å². The molecule has 1 atom stereocenters. The van der Waals surface area contributed by atoms with E-state index in [2.05, 4.69) is 6.92 Å². The third kappa shape index (κ3) is 3.34. The minimum absolute atomic E-state index is 0.0633. The van der Waals surface area contributed by atoms with E-state index in [1.54, 1.807) is 35.2 Å². The molecule has 1 amide bonds. The van der Waals surface area contributed by atoms with Gasteiger partial charge in [-0.1, -0.05) is 24.6 Å². The van der Waals surface area contributed by atoms with Gasteiger partial charge in [-0.3, -0.25) is 4.79 Å². The van der Waals surface area contributed by atoms with Gasteiger partial charge in [0.2, 0.25) is 0 Å². The van der Waals surface area contributed by atoms with Crippen LogP contribution in [0.2, 0.25) is 0 Å². The maximum Gasteiger partial charge on any atom is 0.267 e. The van der Waals surface area contributed by atoms with Gasteiger partial charge < -0.3 is 10.6 Å². The summed E-state index contributed by atoms with van der Waals surface area (Å²) in [4.78, 5) is 14.6. The monoisotopic (exact) mass is 361 g/mol. The Morgan fingerprint density at radius 2 is 1.92 bits per heavy atom. The molecule has 2 aromatic rings. The lowest BCUT2D eigenvalue weighted by molar-refractivity contribution is 0.0777. The highest BCUT2D eigenvalue weighted by atomic mass is 32.2. The molecule has 1 aliphatic heterocycles. The van der Waals surface area contributed by atoms with Crippen molar-refractivity contribution in [2.24, 2.45) is 11.1 Å². The van der Waals surface area contributed by atoms with Crippen LogP contribution in [-0.4, -0.2) is 42.8 Å². The first-order valence-corrected chi connectivity index (χ1v) is 9.69. The Labute approximate surface area is 148 Å². The molecular formula is C18H23N3O3S. The second kappa shape index (κ2) is 6.31. The summed E-state index contributed by atoms with van der Waals surface area (Å²) in [6, 6.07) is 8.19. The van der Waals surface area contributed by atoms with Gasteiger partial charge in [0.1, 0.15) is 0 Å². The average Bonchev–Trinajstić information content (AvgIpc) is 3.23. The predicted octanol–water partition coefficient (Wildman–Crippen LogP) is 1.84. The molecule has 0 aliphatic carbocycles. The summed E-state index contributed by atoms with van der Waals surface area (Å²) in [6.45, 7) is 5.72. The molecular weight excluding hydrogens is 338 g/mol. The molecule has 1 saturated heterocycles. The lowest BCUT2D eigenvalue weighted by Crippen LogP contribution is -2.34. The molecule has 7 heteroatoms. The van der Waals surface area contributed by atoms with Gasteiger partial charge in [-0.25, -0.2) is 12.4 Å². The van der Waals surface area contributed by atoms with Gasteiger partial charge >= 0.3 is 0 Å². The molecule has 1 fully saturated rings. The third-order valence-electron chi connectivity index (χ3n) is 4.85. The van der Waals surface area contributed by atoms with Crippen molar-refractivity contribution in [2.45, 2.75) is 25.2 Å². The molecule has 0 saturated carbocycles. The minimum atomic E-state index is -3.69. The number of benzene rings is 1. The van der Waals surface area contributed by atoms with E-state index in [1.165, 1.54) is 12.4 Å². The molecule has 6 nitrogen and oxygen atoms in total. The Morgan fingerprint density at radius 3 is 2.52 bits per heavy atom. The van der Waals surface area contributed by atoms with Crippen LogP contribution in [0.15, 0.2) is 47.6 Å². The van der Waals surface area contributed by atoms with Crippen molar-refractivity contribution in [3.05, 3.63) is 53.9 Å². The van der Waals surface area contributed by atoms with E-state index in [0.29, 0.717) is 25.2 Å². The number of aryl methyl sites for hydroxylation is 1. The molecule has 0 bridgehead atoms. The summed E-state index contributed by atoms with van der Waals surface area (Å²) >= 11 is 0. The topological polar surface area (TPSA) is 85.4 Å².